The molecule has 1 atom stereocenters. The quantitative estimate of drug-likeness (QED) is 0.723. The van der Waals surface area contributed by atoms with Crippen LogP contribution in [0.4, 0.5) is 0 Å². The summed E-state index contributed by atoms with van der Waals surface area (Å²) >= 11 is 0. The lowest BCUT2D eigenvalue weighted by Gasteiger charge is -2.33. The van der Waals surface area contributed by atoms with E-state index >= 15 is 0 Å². The van der Waals surface area contributed by atoms with Gasteiger partial charge in [-0.15, -0.1) is 10.2 Å². The third-order valence-corrected chi connectivity index (χ3v) is 4.78. The summed E-state index contributed by atoms with van der Waals surface area (Å²) in [6.07, 6.45) is 1.96. The SMILES string of the molecule is CC(C)c1nnc(C2COCCN2C(=O)c2cccc3c2ccn3C)o1. The molecule has 0 radical (unpaired) electrons. The molecule has 4 rings (SSSR count). The van der Waals surface area contributed by atoms with Crippen LogP contribution in [-0.2, 0) is 11.8 Å². The van der Waals surface area contributed by atoms with Crippen LogP contribution in [0.3, 0.4) is 0 Å². The minimum atomic E-state index is -0.366. The maximum Gasteiger partial charge on any atom is 0.255 e. The molecule has 0 saturated carbocycles. The van der Waals surface area contributed by atoms with Crippen molar-refractivity contribution in [2.45, 2.75) is 25.8 Å². The van der Waals surface area contributed by atoms with Gasteiger partial charge in [0, 0.05) is 42.2 Å². The Labute approximate surface area is 151 Å². The zero-order valence-electron chi connectivity index (χ0n) is 15.2. The molecular weight excluding hydrogens is 332 g/mol. The van der Waals surface area contributed by atoms with Gasteiger partial charge in [0.1, 0.15) is 6.04 Å². The van der Waals surface area contributed by atoms with E-state index in [0.29, 0.717) is 37.1 Å². The fourth-order valence-corrected chi connectivity index (χ4v) is 3.31. The number of ether oxygens (including phenoxy) is 1. The van der Waals surface area contributed by atoms with Crippen molar-refractivity contribution in [1.82, 2.24) is 19.7 Å². The van der Waals surface area contributed by atoms with Crippen molar-refractivity contribution in [1.29, 1.82) is 0 Å². The Morgan fingerprint density at radius 1 is 1.27 bits per heavy atom. The fourth-order valence-electron chi connectivity index (χ4n) is 3.31. The van der Waals surface area contributed by atoms with Crippen LogP contribution >= 0.6 is 0 Å². The summed E-state index contributed by atoms with van der Waals surface area (Å²) in [5.74, 6) is 1.10. The number of hydrogen-bond acceptors (Lipinski definition) is 5. The van der Waals surface area contributed by atoms with Crippen LogP contribution in [0, 0.1) is 0 Å². The summed E-state index contributed by atoms with van der Waals surface area (Å²) in [7, 11) is 1.97. The van der Waals surface area contributed by atoms with E-state index in [4.69, 9.17) is 9.15 Å². The highest BCUT2D eigenvalue weighted by molar-refractivity contribution is 6.06. The average Bonchev–Trinajstić information content (AvgIpc) is 3.29. The number of amides is 1. The van der Waals surface area contributed by atoms with Crippen molar-refractivity contribution < 1.29 is 13.9 Å². The molecule has 3 aromatic rings. The highest BCUT2D eigenvalue weighted by Crippen LogP contribution is 2.29. The van der Waals surface area contributed by atoms with E-state index in [1.54, 1.807) is 4.90 Å². The van der Waals surface area contributed by atoms with Gasteiger partial charge in [-0.25, -0.2) is 0 Å². The van der Waals surface area contributed by atoms with Gasteiger partial charge in [0.15, 0.2) is 0 Å². The second-order valence-corrected chi connectivity index (χ2v) is 6.89. The van der Waals surface area contributed by atoms with Gasteiger partial charge in [-0.1, -0.05) is 19.9 Å². The summed E-state index contributed by atoms with van der Waals surface area (Å²) in [5, 5.41) is 9.20. The molecule has 136 valence electrons. The first-order valence-electron chi connectivity index (χ1n) is 8.82. The van der Waals surface area contributed by atoms with Crippen molar-refractivity contribution in [3.8, 4) is 0 Å². The molecule has 1 aliphatic rings. The van der Waals surface area contributed by atoms with E-state index in [0.717, 1.165) is 10.9 Å². The van der Waals surface area contributed by atoms with E-state index in [1.807, 2.05) is 55.9 Å². The maximum atomic E-state index is 13.3. The molecule has 1 saturated heterocycles. The molecular formula is C19H22N4O3. The van der Waals surface area contributed by atoms with Crippen LogP contribution < -0.4 is 0 Å². The third-order valence-electron chi connectivity index (χ3n) is 4.78. The standard InChI is InChI=1S/C19H22N4O3/c1-12(2)17-20-21-18(26-17)16-11-25-10-9-23(16)19(24)14-5-4-6-15-13(14)7-8-22(15)3/h4-8,12,16H,9-11H2,1-3H3. The zero-order valence-corrected chi connectivity index (χ0v) is 15.2. The highest BCUT2D eigenvalue weighted by atomic mass is 16.5. The summed E-state index contributed by atoms with van der Waals surface area (Å²) in [6.45, 7) is 5.34. The molecule has 0 bridgehead atoms. The van der Waals surface area contributed by atoms with E-state index in [1.165, 1.54) is 0 Å². The summed E-state index contributed by atoms with van der Waals surface area (Å²) in [6, 6.07) is 7.39. The molecule has 7 nitrogen and oxygen atoms in total. The third kappa shape index (κ3) is 2.78. The minimum Gasteiger partial charge on any atom is -0.423 e. The number of aromatic nitrogens is 3. The zero-order chi connectivity index (χ0) is 18.3. The summed E-state index contributed by atoms with van der Waals surface area (Å²) < 4.78 is 13.4. The lowest BCUT2D eigenvalue weighted by Crippen LogP contribution is -2.43. The molecule has 7 heteroatoms. The Bertz CT molecular complexity index is 943. The Kier molecular flexibility index (Phi) is 4.24. The van der Waals surface area contributed by atoms with E-state index in [-0.39, 0.29) is 17.9 Å². The number of hydrogen-bond donors (Lipinski definition) is 0. The van der Waals surface area contributed by atoms with Gasteiger partial charge in [-0.2, -0.15) is 0 Å². The van der Waals surface area contributed by atoms with Gasteiger partial charge >= 0.3 is 0 Å². The Morgan fingerprint density at radius 2 is 2.12 bits per heavy atom. The average molecular weight is 354 g/mol. The molecule has 1 aromatic carbocycles. The van der Waals surface area contributed by atoms with Gasteiger partial charge in [-0.3, -0.25) is 4.79 Å². The number of fused-ring (bicyclic) bond motifs is 1. The maximum absolute atomic E-state index is 13.3. The molecule has 3 heterocycles. The number of morpholine rings is 1. The lowest BCUT2D eigenvalue weighted by atomic mass is 10.1. The number of benzene rings is 1. The first-order chi connectivity index (χ1) is 12.6. The van der Waals surface area contributed by atoms with E-state index in [2.05, 4.69) is 10.2 Å². The summed E-state index contributed by atoms with van der Waals surface area (Å²) in [4.78, 5) is 15.1. The smallest absolute Gasteiger partial charge is 0.255 e. The van der Waals surface area contributed by atoms with E-state index < -0.39 is 0 Å². The van der Waals surface area contributed by atoms with Crippen molar-refractivity contribution in [2.24, 2.45) is 7.05 Å². The van der Waals surface area contributed by atoms with Gasteiger partial charge in [0.25, 0.3) is 5.91 Å². The number of rotatable bonds is 3. The number of nitrogens with zero attached hydrogens (tertiary/aromatic N) is 4. The second-order valence-electron chi connectivity index (χ2n) is 6.89. The van der Waals surface area contributed by atoms with Crippen molar-refractivity contribution in [3.63, 3.8) is 0 Å². The molecule has 0 spiro atoms. The predicted molar refractivity (Wildman–Crippen MR) is 95.9 cm³/mol. The predicted octanol–water partition coefficient (Wildman–Crippen LogP) is 2.90. The molecule has 1 unspecified atom stereocenters. The largest absolute Gasteiger partial charge is 0.423 e. The monoisotopic (exact) mass is 354 g/mol. The number of aryl methyl sites for hydroxylation is 1. The molecule has 0 N–H and O–H groups in total. The number of carbonyl (C=O) groups excluding carboxylic acids is 1. The summed E-state index contributed by atoms with van der Waals surface area (Å²) in [5.41, 5.74) is 1.71. The first-order valence-corrected chi connectivity index (χ1v) is 8.82. The Hall–Kier alpha value is -2.67. The molecule has 26 heavy (non-hydrogen) atoms. The van der Waals surface area contributed by atoms with Crippen LogP contribution in [0.5, 0.6) is 0 Å². The fraction of sp³-hybridized carbons (Fsp3) is 0.421. The van der Waals surface area contributed by atoms with Crippen molar-refractivity contribution in [3.05, 3.63) is 47.8 Å². The highest BCUT2D eigenvalue weighted by Gasteiger charge is 2.34. The molecule has 1 fully saturated rings. The van der Waals surface area contributed by atoms with Crippen LogP contribution in [0.1, 0.15) is 47.9 Å². The topological polar surface area (TPSA) is 73.4 Å². The minimum absolute atomic E-state index is 0.0422. The van der Waals surface area contributed by atoms with Gasteiger partial charge in [0.05, 0.1) is 13.2 Å². The van der Waals surface area contributed by atoms with E-state index in [9.17, 15) is 4.79 Å². The van der Waals surface area contributed by atoms with Crippen molar-refractivity contribution in [2.75, 3.05) is 19.8 Å². The van der Waals surface area contributed by atoms with Gasteiger partial charge < -0.3 is 18.6 Å². The van der Waals surface area contributed by atoms with Gasteiger partial charge in [-0.05, 0) is 18.2 Å². The van der Waals surface area contributed by atoms with Crippen LogP contribution in [0.15, 0.2) is 34.9 Å². The lowest BCUT2D eigenvalue weighted by molar-refractivity contribution is -0.0106. The van der Waals surface area contributed by atoms with Crippen molar-refractivity contribution >= 4 is 16.8 Å². The number of carbonyl (C=O) groups is 1. The molecule has 1 aliphatic heterocycles. The molecule has 2 aromatic heterocycles. The molecule has 0 aliphatic carbocycles. The Morgan fingerprint density at radius 3 is 2.88 bits per heavy atom. The molecule has 1 amide bonds. The van der Waals surface area contributed by atoms with Crippen LogP contribution in [0.25, 0.3) is 10.9 Å². The first kappa shape index (κ1) is 16.8. The van der Waals surface area contributed by atoms with Gasteiger partial charge in [0.2, 0.25) is 11.8 Å². The van der Waals surface area contributed by atoms with Crippen LogP contribution in [0.2, 0.25) is 0 Å². The Balaban J connectivity index is 1.70. The normalized spacial score (nSPS) is 18.0. The second kappa shape index (κ2) is 6.57. The van der Waals surface area contributed by atoms with Crippen LogP contribution in [-0.4, -0.2) is 45.3 Å².